The third-order valence-corrected chi connectivity index (χ3v) is 4.51. The van der Waals surface area contributed by atoms with Crippen molar-refractivity contribution in [3.05, 3.63) is 84.6 Å². The standard InChI is InChI=1S/C18H11BrN4O7/c19-15-8-11(23(28)29)1-4-13(15)17-6-3-12(30-17)9-20-21-18(25)14-7-10(22(26)27)2-5-16(14)24/h1-9,24H,(H,21,25)/b20-9+. The summed E-state index contributed by atoms with van der Waals surface area (Å²) in [6.45, 7) is 0. The van der Waals surface area contributed by atoms with Gasteiger partial charge in [-0.05, 0) is 40.2 Å². The third-order valence-electron chi connectivity index (χ3n) is 3.85. The van der Waals surface area contributed by atoms with Crippen molar-refractivity contribution in [1.82, 2.24) is 5.43 Å². The van der Waals surface area contributed by atoms with Crippen LogP contribution in [-0.2, 0) is 0 Å². The SMILES string of the molecule is O=C(N/N=C/c1ccc(-c2ccc([N+](=O)[O-])cc2Br)o1)c1cc([N+](=O)[O-])ccc1O. The quantitative estimate of drug-likeness (QED) is 0.309. The summed E-state index contributed by atoms with van der Waals surface area (Å²) in [4.78, 5) is 32.5. The van der Waals surface area contributed by atoms with E-state index < -0.39 is 21.5 Å². The van der Waals surface area contributed by atoms with Crippen LogP contribution in [0.15, 0.2) is 62.5 Å². The van der Waals surface area contributed by atoms with E-state index in [1.807, 2.05) is 0 Å². The van der Waals surface area contributed by atoms with Gasteiger partial charge in [-0.15, -0.1) is 0 Å². The Morgan fingerprint density at radius 3 is 2.40 bits per heavy atom. The fourth-order valence-corrected chi connectivity index (χ4v) is 2.98. The van der Waals surface area contributed by atoms with Crippen LogP contribution < -0.4 is 5.43 Å². The molecule has 1 aromatic heterocycles. The van der Waals surface area contributed by atoms with Crippen LogP contribution in [0.3, 0.4) is 0 Å². The number of halogens is 1. The maximum Gasteiger partial charge on any atom is 0.275 e. The predicted molar refractivity (Wildman–Crippen MR) is 108 cm³/mol. The van der Waals surface area contributed by atoms with Crippen LogP contribution in [0.5, 0.6) is 5.75 Å². The van der Waals surface area contributed by atoms with Crippen molar-refractivity contribution < 1.29 is 24.2 Å². The van der Waals surface area contributed by atoms with Crippen LogP contribution in [0.4, 0.5) is 11.4 Å². The van der Waals surface area contributed by atoms with Crippen molar-refractivity contribution in [2.75, 3.05) is 0 Å². The van der Waals surface area contributed by atoms with Crippen molar-refractivity contribution >= 4 is 39.4 Å². The number of hydrogen-bond acceptors (Lipinski definition) is 8. The Hall–Kier alpha value is -4.06. The Morgan fingerprint density at radius 1 is 1.07 bits per heavy atom. The molecule has 11 nitrogen and oxygen atoms in total. The summed E-state index contributed by atoms with van der Waals surface area (Å²) in [5, 5.41) is 35.0. The van der Waals surface area contributed by atoms with Gasteiger partial charge in [0.25, 0.3) is 17.3 Å². The maximum atomic E-state index is 12.1. The number of hydrogen-bond donors (Lipinski definition) is 2. The highest BCUT2D eigenvalue weighted by Crippen LogP contribution is 2.32. The van der Waals surface area contributed by atoms with Crippen molar-refractivity contribution in [1.29, 1.82) is 0 Å². The third kappa shape index (κ3) is 4.50. The zero-order valence-electron chi connectivity index (χ0n) is 14.8. The molecule has 2 N–H and O–H groups in total. The van der Waals surface area contributed by atoms with E-state index in [-0.39, 0.29) is 22.7 Å². The molecule has 3 aromatic rings. The summed E-state index contributed by atoms with van der Waals surface area (Å²) < 4.78 is 6.04. The highest BCUT2D eigenvalue weighted by Gasteiger charge is 2.16. The van der Waals surface area contributed by atoms with Crippen LogP contribution >= 0.6 is 15.9 Å². The molecule has 30 heavy (non-hydrogen) atoms. The normalized spacial score (nSPS) is 10.8. The molecule has 0 aliphatic carbocycles. The smallest absolute Gasteiger partial charge is 0.275 e. The number of phenolic OH excluding ortho intramolecular Hbond substituents is 1. The molecule has 0 unspecified atom stereocenters. The minimum Gasteiger partial charge on any atom is -0.507 e. The number of aromatic hydroxyl groups is 1. The van der Waals surface area contributed by atoms with Gasteiger partial charge in [0.1, 0.15) is 17.3 Å². The maximum absolute atomic E-state index is 12.1. The van der Waals surface area contributed by atoms with E-state index in [9.17, 15) is 30.1 Å². The molecule has 152 valence electrons. The van der Waals surface area contributed by atoms with Gasteiger partial charge in [0.05, 0.1) is 21.6 Å². The molecule has 3 rings (SSSR count). The van der Waals surface area contributed by atoms with Gasteiger partial charge in [-0.3, -0.25) is 25.0 Å². The zero-order chi connectivity index (χ0) is 21.8. The van der Waals surface area contributed by atoms with Gasteiger partial charge in [0.15, 0.2) is 0 Å². The summed E-state index contributed by atoms with van der Waals surface area (Å²) in [5.74, 6) is -0.617. The van der Waals surface area contributed by atoms with Crippen molar-refractivity contribution in [3.8, 4) is 17.1 Å². The average Bonchev–Trinajstić information content (AvgIpc) is 3.16. The van der Waals surface area contributed by atoms with Gasteiger partial charge in [0.2, 0.25) is 0 Å². The largest absolute Gasteiger partial charge is 0.507 e. The molecule has 0 fully saturated rings. The first-order valence-corrected chi connectivity index (χ1v) is 8.90. The Bertz CT molecular complexity index is 1190. The Morgan fingerprint density at radius 2 is 1.73 bits per heavy atom. The highest BCUT2D eigenvalue weighted by atomic mass is 79.9. The Labute approximate surface area is 176 Å². The molecule has 1 heterocycles. The lowest BCUT2D eigenvalue weighted by atomic mass is 10.1. The highest BCUT2D eigenvalue weighted by molar-refractivity contribution is 9.10. The second kappa shape index (κ2) is 8.53. The van der Waals surface area contributed by atoms with E-state index in [2.05, 4.69) is 26.5 Å². The lowest BCUT2D eigenvalue weighted by Crippen LogP contribution is -2.17. The lowest BCUT2D eigenvalue weighted by Gasteiger charge is -2.02. The van der Waals surface area contributed by atoms with Gasteiger partial charge in [-0.2, -0.15) is 5.10 Å². The number of furan rings is 1. The van der Waals surface area contributed by atoms with Crippen molar-refractivity contribution in [3.63, 3.8) is 0 Å². The number of rotatable bonds is 6. The summed E-state index contributed by atoms with van der Waals surface area (Å²) >= 11 is 3.26. The average molecular weight is 475 g/mol. The number of hydrazone groups is 1. The summed E-state index contributed by atoms with van der Waals surface area (Å²) in [7, 11) is 0. The predicted octanol–water partition coefficient (Wildman–Crippen LogP) is 4.00. The molecule has 0 saturated carbocycles. The van der Waals surface area contributed by atoms with Gasteiger partial charge in [-0.25, -0.2) is 5.43 Å². The number of nitro benzene ring substituents is 2. The monoisotopic (exact) mass is 474 g/mol. The molecule has 0 aliphatic heterocycles. The second-order valence-corrected chi connectivity index (χ2v) is 6.64. The van der Waals surface area contributed by atoms with E-state index in [0.717, 1.165) is 18.2 Å². The minimum atomic E-state index is -0.850. The van der Waals surface area contributed by atoms with Crippen LogP contribution in [0.25, 0.3) is 11.3 Å². The zero-order valence-corrected chi connectivity index (χ0v) is 16.4. The Kier molecular flexibility index (Phi) is 5.88. The molecule has 0 radical (unpaired) electrons. The molecular weight excluding hydrogens is 464 g/mol. The topological polar surface area (TPSA) is 161 Å². The van der Waals surface area contributed by atoms with Gasteiger partial charge >= 0.3 is 0 Å². The van der Waals surface area contributed by atoms with E-state index >= 15 is 0 Å². The number of nitrogens with one attached hydrogen (secondary N) is 1. The molecule has 0 aliphatic rings. The summed E-state index contributed by atoms with van der Waals surface area (Å²) in [5.41, 5.74) is 1.97. The van der Waals surface area contributed by atoms with Crippen LogP contribution in [-0.4, -0.2) is 27.1 Å². The minimum absolute atomic E-state index is 0.0777. The molecule has 0 saturated heterocycles. The van der Waals surface area contributed by atoms with Crippen LogP contribution in [0.2, 0.25) is 0 Å². The first-order valence-electron chi connectivity index (χ1n) is 8.11. The van der Waals surface area contributed by atoms with Crippen molar-refractivity contribution in [2.24, 2.45) is 5.10 Å². The van der Waals surface area contributed by atoms with E-state index in [0.29, 0.717) is 15.8 Å². The number of benzene rings is 2. The summed E-state index contributed by atoms with van der Waals surface area (Å²) in [6.07, 6.45) is 1.19. The van der Waals surface area contributed by atoms with Crippen molar-refractivity contribution in [2.45, 2.75) is 0 Å². The molecule has 2 aromatic carbocycles. The molecule has 0 spiro atoms. The van der Waals surface area contributed by atoms with Crippen LogP contribution in [0, 0.1) is 20.2 Å². The summed E-state index contributed by atoms with van der Waals surface area (Å²) in [6, 6.07) is 10.4. The molecule has 1 amide bonds. The fourth-order valence-electron chi connectivity index (χ4n) is 2.42. The van der Waals surface area contributed by atoms with E-state index in [4.69, 9.17) is 4.42 Å². The fraction of sp³-hybridized carbons (Fsp3) is 0. The number of carbonyl (C=O) groups excluding carboxylic acids is 1. The number of non-ortho nitro benzene ring substituents is 2. The second-order valence-electron chi connectivity index (χ2n) is 5.78. The molecular formula is C18H11BrN4O7. The van der Waals surface area contributed by atoms with E-state index in [1.165, 1.54) is 24.4 Å². The molecule has 0 atom stereocenters. The van der Waals surface area contributed by atoms with Crippen LogP contribution in [0.1, 0.15) is 16.1 Å². The van der Waals surface area contributed by atoms with Gasteiger partial charge in [0, 0.05) is 34.3 Å². The number of carbonyl (C=O) groups is 1. The molecule has 0 bridgehead atoms. The van der Waals surface area contributed by atoms with Gasteiger partial charge in [-0.1, -0.05) is 0 Å². The number of nitrogens with zero attached hydrogens (tertiary/aromatic N) is 3. The lowest BCUT2D eigenvalue weighted by molar-refractivity contribution is -0.385. The number of amides is 1. The Balaban J connectivity index is 1.72. The number of phenols is 1. The molecule has 12 heteroatoms. The first-order chi connectivity index (χ1) is 14.3. The number of nitro groups is 2. The van der Waals surface area contributed by atoms with E-state index in [1.54, 1.807) is 12.1 Å². The van der Waals surface area contributed by atoms with Gasteiger partial charge < -0.3 is 9.52 Å². The first kappa shape index (κ1) is 20.7.